The van der Waals surface area contributed by atoms with Gasteiger partial charge in [-0.15, -0.1) is 0 Å². The van der Waals surface area contributed by atoms with E-state index in [0.29, 0.717) is 18.2 Å². The first-order valence-electron chi connectivity index (χ1n) is 9.35. The Morgan fingerprint density at radius 1 is 1.16 bits per heavy atom. The third-order valence-corrected chi connectivity index (χ3v) is 5.81. The zero-order valence-corrected chi connectivity index (χ0v) is 14.8. The van der Waals surface area contributed by atoms with E-state index in [1.54, 1.807) is 0 Å². The van der Waals surface area contributed by atoms with Crippen LogP contribution >= 0.6 is 0 Å². The minimum atomic E-state index is 0.187. The van der Waals surface area contributed by atoms with E-state index in [2.05, 4.69) is 46.3 Å². The first kappa shape index (κ1) is 16.2. The van der Waals surface area contributed by atoms with Crippen molar-refractivity contribution in [2.45, 2.75) is 44.6 Å². The fourth-order valence-electron chi connectivity index (χ4n) is 4.19. The van der Waals surface area contributed by atoms with Gasteiger partial charge in [0, 0.05) is 32.3 Å². The molecule has 0 saturated carbocycles. The summed E-state index contributed by atoms with van der Waals surface area (Å²) < 4.78 is 0. The molecule has 5 heteroatoms. The standard InChI is InChI=1S/C20H26N4O/c1-15(24-10-2-3-20(24)25)16-4-6-17(7-5-16)18-8-11-23(12-9-18)19-13-21-22-14-19/h4-7,13-15,18H,2-3,8-12H2,1H3,(H,21,22). The lowest BCUT2D eigenvalue weighted by molar-refractivity contribution is -0.129. The Kier molecular flexibility index (Phi) is 4.47. The van der Waals surface area contributed by atoms with Crippen molar-refractivity contribution in [3.8, 4) is 0 Å². The minimum absolute atomic E-state index is 0.187. The number of rotatable bonds is 4. The zero-order valence-electron chi connectivity index (χ0n) is 14.8. The average Bonchev–Trinajstić information content (AvgIpc) is 3.33. The van der Waals surface area contributed by atoms with Crippen molar-refractivity contribution in [3.05, 3.63) is 47.8 Å². The van der Waals surface area contributed by atoms with Crippen LogP contribution in [0.15, 0.2) is 36.7 Å². The molecular formula is C20H26N4O. The van der Waals surface area contributed by atoms with Gasteiger partial charge in [0.2, 0.25) is 5.91 Å². The number of hydrogen-bond donors (Lipinski definition) is 1. The second kappa shape index (κ2) is 6.90. The van der Waals surface area contributed by atoms with Gasteiger partial charge in [0.15, 0.2) is 0 Å². The highest BCUT2D eigenvalue weighted by atomic mass is 16.2. The number of nitrogens with one attached hydrogen (secondary N) is 1. The highest BCUT2D eigenvalue weighted by molar-refractivity contribution is 5.78. The van der Waals surface area contributed by atoms with E-state index >= 15 is 0 Å². The summed E-state index contributed by atoms with van der Waals surface area (Å²) in [6.45, 7) is 5.19. The molecule has 2 aromatic rings. The molecule has 0 radical (unpaired) electrons. The van der Waals surface area contributed by atoms with Gasteiger partial charge >= 0.3 is 0 Å². The van der Waals surface area contributed by atoms with E-state index in [4.69, 9.17) is 0 Å². The minimum Gasteiger partial charge on any atom is -0.369 e. The molecule has 2 aliphatic rings. The van der Waals surface area contributed by atoms with Crippen LogP contribution in [0, 0.1) is 0 Å². The number of benzene rings is 1. The molecule has 5 nitrogen and oxygen atoms in total. The molecule has 1 N–H and O–H groups in total. The lowest BCUT2D eigenvalue weighted by atomic mass is 9.88. The van der Waals surface area contributed by atoms with Gasteiger partial charge in [-0.1, -0.05) is 24.3 Å². The summed E-state index contributed by atoms with van der Waals surface area (Å²) in [7, 11) is 0. The van der Waals surface area contributed by atoms with Crippen molar-refractivity contribution in [1.82, 2.24) is 15.1 Å². The quantitative estimate of drug-likeness (QED) is 0.928. The van der Waals surface area contributed by atoms with Crippen molar-refractivity contribution in [2.24, 2.45) is 0 Å². The Balaban J connectivity index is 1.38. The van der Waals surface area contributed by atoms with Crippen LogP contribution in [-0.2, 0) is 4.79 Å². The van der Waals surface area contributed by atoms with E-state index in [9.17, 15) is 4.79 Å². The Morgan fingerprint density at radius 3 is 2.52 bits per heavy atom. The van der Waals surface area contributed by atoms with Gasteiger partial charge in [-0.25, -0.2) is 0 Å². The van der Waals surface area contributed by atoms with Crippen LogP contribution in [0.2, 0.25) is 0 Å². The third-order valence-electron chi connectivity index (χ3n) is 5.81. The molecular weight excluding hydrogens is 312 g/mol. The summed E-state index contributed by atoms with van der Waals surface area (Å²) in [5.74, 6) is 0.920. The van der Waals surface area contributed by atoms with E-state index < -0.39 is 0 Å². The molecule has 2 saturated heterocycles. The maximum Gasteiger partial charge on any atom is 0.223 e. The van der Waals surface area contributed by atoms with Gasteiger partial charge in [-0.3, -0.25) is 9.89 Å². The van der Waals surface area contributed by atoms with Gasteiger partial charge in [-0.05, 0) is 43.2 Å². The van der Waals surface area contributed by atoms with Crippen molar-refractivity contribution in [1.29, 1.82) is 0 Å². The second-order valence-corrected chi connectivity index (χ2v) is 7.25. The fourth-order valence-corrected chi connectivity index (χ4v) is 4.19. The number of aromatic nitrogens is 2. The number of aromatic amines is 1. The van der Waals surface area contributed by atoms with Crippen molar-refractivity contribution < 1.29 is 4.79 Å². The van der Waals surface area contributed by atoms with Crippen LogP contribution in [0.1, 0.15) is 55.7 Å². The number of piperidine rings is 1. The van der Waals surface area contributed by atoms with Gasteiger partial charge in [-0.2, -0.15) is 5.10 Å². The molecule has 1 aromatic carbocycles. The molecule has 25 heavy (non-hydrogen) atoms. The maximum absolute atomic E-state index is 11.9. The topological polar surface area (TPSA) is 52.2 Å². The van der Waals surface area contributed by atoms with Gasteiger partial charge < -0.3 is 9.80 Å². The Morgan fingerprint density at radius 2 is 1.92 bits per heavy atom. The Labute approximate surface area is 149 Å². The molecule has 1 unspecified atom stereocenters. The monoisotopic (exact) mass is 338 g/mol. The highest BCUT2D eigenvalue weighted by Gasteiger charge is 2.26. The second-order valence-electron chi connectivity index (χ2n) is 7.25. The number of carbonyl (C=O) groups is 1. The molecule has 132 valence electrons. The van der Waals surface area contributed by atoms with E-state index in [1.807, 2.05) is 17.3 Å². The number of nitrogens with zero attached hydrogens (tertiary/aromatic N) is 3. The Bertz CT molecular complexity index is 702. The number of H-pyrrole nitrogens is 1. The van der Waals surface area contributed by atoms with Crippen molar-refractivity contribution in [3.63, 3.8) is 0 Å². The average molecular weight is 338 g/mol. The molecule has 3 heterocycles. The van der Waals surface area contributed by atoms with E-state index in [-0.39, 0.29) is 6.04 Å². The third kappa shape index (κ3) is 3.28. The summed E-state index contributed by atoms with van der Waals surface area (Å²) in [6, 6.07) is 9.16. The van der Waals surface area contributed by atoms with Crippen LogP contribution in [-0.4, -0.2) is 40.6 Å². The molecule has 1 amide bonds. The molecule has 1 atom stereocenters. The highest BCUT2D eigenvalue weighted by Crippen LogP contribution is 2.32. The lowest BCUT2D eigenvalue weighted by Gasteiger charge is -2.33. The molecule has 0 bridgehead atoms. The zero-order chi connectivity index (χ0) is 17.2. The van der Waals surface area contributed by atoms with Crippen molar-refractivity contribution in [2.75, 3.05) is 24.5 Å². The molecule has 1 aromatic heterocycles. The molecule has 0 spiro atoms. The summed E-state index contributed by atoms with van der Waals surface area (Å²) in [4.78, 5) is 16.4. The van der Waals surface area contributed by atoms with Crippen LogP contribution < -0.4 is 4.90 Å². The fraction of sp³-hybridized carbons (Fsp3) is 0.500. The summed E-state index contributed by atoms with van der Waals surface area (Å²) >= 11 is 0. The smallest absolute Gasteiger partial charge is 0.223 e. The maximum atomic E-state index is 11.9. The van der Waals surface area contributed by atoms with Crippen LogP contribution in [0.3, 0.4) is 0 Å². The SMILES string of the molecule is CC(c1ccc(C2CCN(c3cn[nH]c3)CC2)cc1)N1CCCC1=O. The first-order chi connectivity index (χ1) is 12.2. The molecule has 0 aliphatic carbocycles. The Hall–Kier alpha value is -2.30. The van der Waals surface area contributed by atoms with Gasteiger partial charge in [0.05, 0.1) is 17.9 Å². The van der Waals surface area contributed by atoms with E-state index in [1.165, 1.54) is 29.7 Å². The number of hydrogen-bond acceptors (Lipinski definition) is 3. The van der Waals surface area contributed by atoms with Gasteiger partial charge in [0.25, 0.3) is 0 Å². The predicted molar refractivity (Wildman–Crippen MR) is 98.6 cm³/mol. The molecule has 4 rings (SSSR count). The first-order valence-corrected chi connectivity index (χ1v) is 9.35. The number of likely N-dealkylation sites (tertiary alicyclic amines) is 1. The molecule has 2 fully saturated rings. The van der Waals surface area contributed by atoms with Crippen LogP contribution in [0.5, 0.6) is 0 Å². The lowest BCUT2D eigenvalue weighted by Crippen LogP contribution is -2.32. The summed E-state index contributed by atoms with van der Waals surface area (Å²) in [6.07, 6.45) is 7.91. The normalized spacial score (nSPS) is 20.3. The number of amides is 1. The summed E-state index contributed by atoms with van der Waals surface area (Å²) in [5, 5.41) is 6.94. The number of anilines is 1. The summed E-state index contributed by atoms with van der Waals surface area (Å²) in [5.41, 5.74) is 3.86. The number of carbonyl (C=O) groups excluding carboxylic acids is 1. The van der Waals surface area contributed by atoms with Crippen molar-refractivity contribution >= 4 is 11.6 Å². The van der Waals surface area contributed by atoms with Gasteiger partial charge in [0.1, 0.15) is 0 Å². The molecule has 2 aliphatic heterocycles. The van der Waals surface area contributed by atoms with Crippen LogP contribution in [0.4, 0.5) is 5.69 Å². The van der Waals surface area contributed by atoms with Crippen LogP contribution in [0.25, 0.3) is 0 Å². The van der Waals surface area contributed by atoms with E-state index in [0.717, 1.165) is 26.1 Å². The largest absolute Gasteiger partial charge is 0.369 e. The predicted octanol–water partition coefficient (Wildman–Crippen LogP) is 3.48.